The fraction of sp³-hybridized carbons (Fsp3) is 0.263. The van der Waals surface area contributed by atoms with Crippen LogP contribution in [0.1, 0.15) is 24.6 Å². The van der Waals surface area contributed by atoms with Gasteiger partial charge in [-0.05, 0) is 41.3 Å². The van der Waals surface area contributed by atoms with Crippen LogP contribution in [-0.4, -0.2) is 11.0 Å². The lowest BCUT2D eigenvalue weighted by atomic mass is 9.94. The highest BCUT2D eigenvalue weighted by atomic mass is 35.5. The molecule has 2 nitrogen and oxygen atoms in total. The van der Waals surface area contributed by atoms with E-state index in [2.05, 4.69) is 17.2 Å². The van der Waals surface area contributed by atoms with E-state index in [1.165, 1.54) is 18.2 Å². The number of rotatable bonds is 2. The van der Waals surface area contributed by atoms with Crippen molar-refractivity contribution in [1.82, 2.24) is 10.3 Å². The smallest absolute Gasteiger partial charge is 0.147 e. The summed E-state index contributed by atoms with van der Waals surface area (Å²) in [4.78, 5) is 3.28. The van der Waals surface area contributed by atoms with Crippen LogP contribution in [0.25, 0.3) is 22.0 Å². The first-order valence-electron chi connectivity index (χ1n) is 7.98. The van der Waals surface area contributed by atoms with Crippen LogP contribution in [0, 0.1) is 11.6 Å². The molecule has 0 fully saturated rings. The van der Waals surface area contributed by atoms with Gasteiger partial charge in [0.25, 0.3) is 0 Å². The van der Waals surface area contributed by atoms with Crippen LogP contribution in [0.3, 0.4) is 0 Å². The van der Waals surface area contributed by atoms with Crippen molar-refractivity contribution in [2.24, 2.45) is 0 Å². The Bertz CT molecular complexity index is 871. The summed E-state index contributed by atoms with van der Waals surface area (Å²) >= 11 is 0. The Balaban J connectivity index is 0.00000169. The van der Waals surface area contributed by atoms with E-state index >= 15 is 0 Å². The van der Waals surface area contributed by atoms with Gasteiger partial charge in [0.15, 0.2) is 0 Å². The van der Waals surface area contributed by atoms with E-state index in [9.17, 15) is 8.78 Å². The zero-order valence-electron chi connectivity index (χ0n) is 13.3. The van der Waals surface area contributed by atoms with E-state index in [0.29, 0.717) is 11.6 Å². The Morgan fingerprint density at radius 3 is 2.54 bits per heavy atom. The van der Waals surface area contributed by atoms with Crippen LogP contribution in [-0.2, 0) is 13.0 Å². The van der Waals surface area contributed by atoms with Gasteiger partial charge in [-0.25, -0.2) is 8.78 Å². The lowest BCUT2D eigenvalue weighted by Crippen LogP contribution is -2.34. The topological polar surface area (TPSA) is 27.8 Å². The van der Waals surface area contributed by atoms with Crippen molar-refractivity contribution < 1.29 is 8.78 Å². The normalized spacial score (nSPS) is 16.7. The molecule has 24 heavy (non-hydrogen) atoms. The summed E-state index contributed by atoms with van der Waals surface area (Å²) < 4.78 is 27.5. The van der Waals surface area contributed by atoms with Crippen molar-refractivity contribution in [2.75, 3.05) is 0 Å². The van der Waals surface area contributed by atoms with Gasteiger partial charge < -0.3 is 10.3 Å². The van der Waals surface area contributed by atoms with Crippen molar-refractivity contribution in [3.8, 4) is 11.1 Å². The summed E-state index contributed by atoms with van der Waals surface area (Å²) in [5, 5.41) is 4.42. The molecule has 0 saturated carbocycles. The minimum absolute atomic E-state index is 0. The third kappa shape index (κ3) is 2.70. The van der Waals surface area contributed by atoms with Crippen molar-refractivity contribution >= 4 is 23.3 Å². The molecule has 3 aromatic rings. The number of fused-ring (bicyclic) bond motifs is 3. The molecule has 1 aliphatic rings. The van der Waals surface area contributed by atoms with Crippen molar-refractivity contribution in [2.45, 2.75) is 32.4 Å². The lowest BCUT2D eigenvalue weighted by Gasteiger charge is -2.23. The Morgan fingerprint density at radius 1 is 1.08 bits per heavy atom. The molecule has 4 rings (SSSR count). The highest BCUT2D eigenvalue weighted by Crippen LogP contribution is 2.36. The Hall–Kier alpha value is -1.91. The summed E-state index contributed by atoms with van der Waals surface area (Å²) in [6.45, 7) is 2.88. The van der Waals surface area contributed by atoms with Gasteiger partial charge in [0, 0.05) is 30.1 Å². The minimum Gasteiger partial charge on any atom is -0.356 e. The molecule has 0 aliphatic carbocycles. The Labute approximate surface area is 145 Å². The standard InChI is InChI=1S/C19H18F2N2.ClH/c1-2-13-9-17-15(10-22-13)18-14(7-8-16(21)19(18)23-17)11-3-5-12(20)6-4-11;/h3-8,13,22-23H,2,9-10H2,1H3;1H. The van der Waals surface area contributed by atoms with E-state index in [4.69, 9.17) is 0 Å². The van der Waals surface area contributed by atoms with Gasteiger partial charge in [-0.15, -0.1) is 12.4 Å². The van der Waals surface area contributed by atoms with E-state index in [1.807, 2.05) is 0 Å². The first-order chi connectivity index (χ1) is 11.2. The summed E-state index contributed by atoms with van der Waals surface area (Å²) in [6, 6.07) is 10.1. The largest absolute Gasteiger partial charge is 0.356 e. The molecule has 1 aromatic heterocycles. The number of benzene rings is 2. The number of H-pyrrole nitrogens is 1. The molecular formula is C19H19ClF2N2. The Kier molecular flexibility index (Phi) is 4.61. The van der Waals surface area contributed by atoms with Crippen LogP contribution >= 0.6 is 12.4 Å². The quantitative estimate of drug-likeness (QED) is 0.673. The fourth-order valence-electron chi connectivity index (χ4n) is 3.48. The molecular weight excluding hydrogens is 330 g/mol. The van der Waals surface area contributed by atoms with E-state index in [-0.39, 0.29) is 24.0 Å². The Morgan fingerprint density at radius 2 is 1.83 bits per heavy atom. The maximum Gasteiger partial charge on any atom is 0.147 e. The molecule has 0 radical (unpaired) electrons. The molecule has 0 bridgehead atoms. The summed E-state index contributed by atoms with van der Waals surface area (Å²) in [6.07, 6.45) is 1.92. The van der Waals surface area contributed by atoms with Gasteiger partial charge in [-0.2, -0.15) is 0 Å². The first kappa shape index (κ1) is 16.9. The summed E-state index contributed by atoms with van der Waals surface area (Å²) in [7, 11) is 0. The van der Waals surface area contributed by atoms with Gasteiger partial charge in [-0.1, -0.05) is 25.1 Å². The van der Waals surface area contributed by atoms with E-state index < -0.39 is 0 Å². The second-order valence-corrected chi connectivity index (χ2v) is 6.12. The molecule has 0 amide bonds. The average molecular weight is 349 g/mol. The highest BCUT2D eigenvalue weighted by molar-refractivity contribution is 5.99. The fourth-order valence-corrected chi connectivity index (χ4v) is 3.48. The molecule has 1 atom stereocenters. The zero-order chi connectivity index (χ0) is 16.0. The third-order valence-corrected chi connectivity index (χ3v) is 4.76. The van der Waals surface area contributed by atoms with E-state index in [0.717, 1.165) is 47.2 Å². The third-order valence-electron chi connectivity index (χ3n) is 4.76. The van der Waals surface area contributed by atoms with Crippen molar-refractivity contribution in [3.63, 3.8) is 0 Å². The second-order valence-electron chi connectivity index (χ2n) is 6.12. The van der Waals surface area contributed by atoms with Gasteiger partial charge in [-0.3, -0.25) is 0 Å². The molecule has 0 spiro atoms. The van der Waals surface area contributed by atoms with Crippen LogP contribution in [0.2, 0.25) is 0 Å². The number of nitrogens with one attached hydrogen (secondary N) is 2. The van der Waals surface area contributed by atoms with Crippen molar-refractivity contribution in [1.29, 1.82) is 0 Å². The molecule has 5 heteroatoms. The molecule has 1 aliphatic heterocycles. The second kappa shape index (κ2) is 6.54. The van der Waals surface area contributed by atoms with Gasteiger partial charge in [0.05, 0.1) is 5.52 Å². The molecule has 0 saturated heterocycles. The molecule has 2 aromatic carbocycles. The van der Waals surface area contributed by atoms with Crippen LogP contribution in [0.15, 0.2) is 36.4 Å². The predicted octanol–water partition coefficient (Wildman–Crippen LogP) is 4.96. The maximum atomic E-state index is 14.3. The van der Waals surface area contributed by atoms with Crippen molar-refractivity contribution in [3.05, 3.63) is 59.3 Å². The number of halogens is 3. The number of hydrogen-bond donors (Lipinski definition) is 2. The lowest BCUT2D eigenvalue weighted by molar-refractivity contribution is 0.465. The molecule has 1 unspecified atom stereocenters. The van der Waals surface area contributed by atoms with Crippen LogP contribution < -0.4 is 5.32 Å². The highest BCUT2D eigenvalue weighted by Gasteiger charge is 2.24. The average Bonchev–Trinajstić information content (AvgIpc) is 2.96. The van der Waals surface area contributed by atoms with Gasteiger partial charge >= 0.3 is 0 Å². The first-order valence-corrected chi connectivity index (χ1v) is 7.98. The van der Waals surface area contributed by atoms with Crippen LogP contribution in [0.5, 0.6) is 0 Å². The monoisotopic (exact) mass is 348 g/mol. The summed E-state index contributed by atoms with van der Waals surface area (Å²) in [5.74, 6) is -0.510. The molecule has 2 heterocycles. The van der Waals surface area contributed by atoms with E-state index in [1.54, 1.807) is 18.2 Å². The molecule has 126 valence electrons. The maximum absolute atomic E-state index is 14.3. The van der Waals surface area contributed by atoms with Gasteiger partial charge in [0.2, 0.25) is 0 Å². The molecule has 2 N–H and O–H groups in total. The SMILES string of the molecule is CCC1Cc2[nH]c3c(F)ccc(-c4ccc(F)cc4)c3c2CN1.Cl. The zero-order valence-corrected chi connectivity index (χ0v) is 14.1. The number of hydrogen-bond acceptors (Lipinski definition) is 1. The van der Waals surface area contributed by atoms with Crippen LogP contribution in [0.4, 0.5) is 8.78 Å². The minimum atomic E-state index is -0.268. The predicted molar refractivity (Wildman–Crippen MR) is 95.5 cm³/mol. The number of aromatic amines is 1. The summed E-state index contributed by atoms with van der Waals surface area (Å²) in [5.41, 5.74) is 4.63. The van der Waals surface area contributed by atoms with Gasteiger partial charge in [0.1, 0.15) is 11.6 Å². The number of aromatic nitrogens is 1.